The van der Waals surface area contributed by atoms with Gasteiger partial charge in [-0.1, -0.05) is 0 Å². The molecule has 5 heteroatoms. The molecule has 0 bridgehead atoms. The van der Waals surface area contributed by atoms with E-state index in [9.17, 15) is 4.39 Å². The van der Waals surface area contributed by atoms with Crippen LogP contribution in [-0.2, 0) is 19.6 Å². The van der Waals surface area contributed by atoms with Crippen LogP contribution in [0, 0.1) is 17.1 Å². The fourth-order valence-electron chi connectivity index (χ4n) is 2.42. The maximum atomic E-state index is 14.0. The van der Waals surface area contributed by atoms with E-state index in [4.69, 9.17) is 14.1 Å². The van der Waals surface area contributed by atoms with Crippen LogP contribution in [0.15, 0.2) is 63.8 Å². The van der Waals surface area contributed by atoms with Crippen molar-refractivity contribution in [3.8, 4) is 6.07 Å². The van der Waals surface area contributed by atoms with Crippen molar-refractivity contribution in [3.63, 3.8) is 0 Å². The van der Waals surface area contributed by atoms with E-state index in [0.717, 1.165) is 11.5 Å². The maximum absolute atomic E-state index is 14.0. The fourth-order valence-corrected chi connectivity index (χ4v) is 2.42. The van der Waals surface area contributed by atoms with E-state index in [1.54, 1.807) is 18.6 Å². The third-order valence-electron chi connectivity index (χ3n) is 3.49. The average molecular weight is 310 g/mol. The highest BCUT2D eigenvalue weighted by atomic mass is 19.1. The Hall–Kier alpha value is -2.84. The molecule has 0 saturated heterocycles. The standard InChI is InChI=1S/C18H15FN2O2/c19-18-6-5-14(10-20)9-15(18)11-21(12-16-3-1-7-22-16)13-17-4-2-8-23-17/h1-9H,11-13H2. The number of furan rings is 2. The molecule has 0 spiro atoms. The molecule has 116 valence electrons. The summed E-state index contributed by atoms with van der Waals surface area (Å²) in [6.07, 6.45) is 3.22. The van der Waals surface area contributed by atoms with Gasteiger partial charge >= 0.3 is 0 Å². The molecule has 2 heterocycles. The van der Waals surface area contributed by atoms with Gasteiger partial charge in [0, 0.05) is 12.1 Å². The summed E-state index contributed by atoms with van der Waals surface area (Å²) in [6, 6.07) is 13.8. The molecule has 1 aromatic carbocycles. The normalized spacial score (nSPS) is 10.8. The second-order valence-electron chi connectivity index (χ2n) is 5.22. The number of nitrogens with zero attached hydrogens (tertiary/aromatic N) is 2. The molecular weight excluding hydrogens is 295 g/mol. The van der Waals surface area contributed by atoms with Crippen LogP contribution < -0.4 is 0 Å². The van der Waals surface area contributed by atoms with Crippen LogP contribution in [0.2, 0.25) is 0 Å². The molecule has 0 fully saturated rings. The number of benzene rings is 1. The molecular formula is C18H15FN2O2. The number of rotatable bonds is 6. The van der Waals surface area contributed by atoms with Crippen LogP contribution in [0.1, 0.15) is 22.6 Å². The van der Waals surface area contributed by atoms with E-state index in [2.05, 4.69) is 0 Å². The van der Waals surface area contributed by atoms with Gasteiger partial charge in [0.25, 0.3) is 0 Å². The number of hydrogen-bond acceptors (Lipinski definition) is 4. The molecule has 0 unspecified atom stereocenters. The molecule has 3 aromatic rings. The minimum atomic E-state index is -0.326. The smallest absolute Gasteiger partial charge is 0.127 e. The number of halogens is 1. The van der Waals surface area contributed by atoms with E-state index in [0.29, 0.717) is 30.8 Å². The highest BCUT2D eigenvalue weighted by Gasteiger charge is 2.14. The van der Waals surface area contributed by atoms with Crippen LogP contribution in [0.25, 0.3) is 0 Å². The summed E-state index contributed by atoms with van der Waals surface area (Å²) in [5, 5.41) is 8.99. The third kappa shape index (κ3) is 3.87. The molecule has 0 atom stereocenters. The largest absolute Gasteiger partial charge is 0.468 e. The Labute approximate surface area is 133 Å². The van der Waals surface area contributed by atoms with Crippen molar-refractivity contribution in [1.82, 2.24) is 4.90 Å². The lowest BCUT2D eigenvalue weighted by Gasteiger charge is -2.20. The monoisotopic (exact) mass is 310 g/mol. The lowest BCUT2D eigenvalue weighted by atomic mass is 10.1. The first-order valence-corrected chi connectivity index (χ1v) is 7.20. The molecule has 2 aromatic heterocycles. The van der Waals surface area contributed by atoms with Gasteiger partial charge in [-0.2, -0.15) is 5.26 Å². The summed E-state index contributed by atoms with van der Waals surface area (Å²) in [5.74, 6) is 1.25. The van der Waals surface area contributed by atoms with Gasteiger partial charge in [-0.05, 0) is 42.5 Å². The van der Waals surface area contributed by atoms with Crippen LogP contribution in [0.5, 0.6) is 0 Å². The Kier molecular flexibility index (Phi) is 4.55. The summed E-state index contributed by atoms with van der Waals surface area (Å²) < 4.78 is 24.8. The van der Waals surface area contributed by atoms with Gasteiger partial charge in [0.15, 0.2) is 0 Å². The molecule has 3 rings (SSSR count). The summed E-state index contributed by atoms with van der Waals surface area (Å²) in [5.41, 5.74) is 0.916. The predicted octanol–water partition coefficient (Wildman–Crippen LogP) is 4.09. The summed E-state index contributed by atoms with van der Waals surface area (Å²) >= 11 is 0. The molecule has 0 radical (unpaired) electrons. The zero-order chi connectivity index (χ0) is 16.1. The molecule has 0 aliphatic rings. The Morgan fingerprint density at radius 2 is 1.61 bits per heavy atom. The van der Waals surface area contributed by atoms with E-state index >= 15 is 0 Å². The van der Waals surface area contributed by atoms with E-state index in [-0.39, 0.29) is 5.82 Å². The Morgan fingerprint density at radius 1 is 0.957 bits per heavy atom. The Bertz CT molecular complexity index is 753. The van der Waals surface area contributed by atoms with Gasteiger partial charge in [0.05, 0.1) is 37.2 Å². The summed E-state index contributed by atoms with van der Waals surface area (Å²) in [7, 11) is 0. The zero-order valence-corrected chi connectivity index (χ0v) is 12.4. The first-order chi connectivity index (χ1) is 11.2. The molecule has 0 aliphatic heterocycles. The van der Waals surface area contributed by atoms with E-state index in [1.807, 2.05) is 35.2 Å². The lowest BCUT2D eigenvalue weighted by molar-refractivity contribution is 0.207. The SMILES string of the molecule is N#Cc1ccc(F)c(CN(Cc2ccco2)Cc2ccco2)c1. The van der Waals surface area contributed by atoms with Crippen molar-refractivity contribution in [3.05, 3.63) is 83.5 Å². The third-order valence-corrected chi connectivity index (χ3v) is 3.49. The molecule has 0 N–H and O–H groups in total. The van der Waals surface area contributed by atoms with Gasteiger partial charge in [0.1, 0.15) is 17.3 Å². The van der Waals surface area contributed by atoms with Crippen LogP contribution in [0.3, 0.4) is 0 Å². The number of nitriles is 1. The van der Waals surface area contributed by atoms with Crippen molar-refractivity contribution in [2.45, 2.75) is 19.6 Å². The highest BCUT2D eigenvalue weighted by molar-refractivity contribution is 5.33. The Morgan fingerprint density at radius 3 is 2.13 bits per heavy atom. The second-order valence-corrected chi connectivity index (χ2v) is 5.22. The molecule has 0 amide bonds. The second kappa shape index (κ2) is 6.95. The number of hydrogen-bond donors (Lipinski definition) is 0. The van der Waals surface area contributed by atoms with Gasteiger partial charge < -0.3 is 8.83 Å². The minimum absolute atomic E-state index is 0.326. The summed E-state index contributed by atoms with van der Waals surface area (Å²) in [6.45, 7) is 1.39. The van der Waals surface area contributed by atoms with Crippen molar-refractivity contribution in [1.29, 1.82) is 5.26 Å². The maximum Gasteiger partial charge on any atom is 0.127 e. The van der Waals surface area contributed by atoms with Gasteiger partial charge in [-0.25, -0.2) is 4.39 Å². The molecule has 0 saturated carbocycles. The first kappa shape index (κ1) is 15.1. The molecule has 23 heavy (non-hydrogen) atoms. The summed E-state index contributed by atoms with van der Waals surface area (Å²) in [4.78, 5) is 2.00. The van der Waals surface area contributed by atoms with Crippen molar-refractivity contribution in [2.24, 2.45) is 0 Å². The van der Waals surface area contributed by atoms with E-state index < -0.39 is 0 Å². The van der Waals surface area contributed by atoms with Gasteiger partial charge in [-0.15, -0.1) is 0 Å². The predicted molar refractivity (Wildman–Crippen MR) is 81.5 cm³/mol. The lowest BCUT2D eigenvalue weighted by Crippen LogP contribution is -2.22. The fraction of sp³-hybridized carbons (Fsp3) is 0.167. The topological polar surface area (TPSA) is 53.3 Å². The van der Waals surface area contributed by atoms with E-state index in [1.165, 1.54) is 12.1 Å². The van der Waals surface area contributed by atoms with Crippen molar-refractivity contribution >= 4 is 0 Å². The van der Waals surface area contributed by atoms with Gasteiger partial charge in [0.2, 0.25) is 0 Å². The van der Waals surface area contributed by atoms with Crippen LogP contribution in [-0.4, -0.2) is 4.90 Å². The molecule has 0 aliphatic carbocycles. The minimum Gasteiger partial charge on any atom is -0.468 e. The zero-order valence-electron chi connectivity index (χ0n) is 12.4. The first-order valence-electron chi connectivity index (χ1n) is 7.20. The Balaban J connectivity index is 1.81. The van der Waals surface area contributed by atoms with Crippen molar-refractivity contribution < 1.29 is 13.2 Å². The quantitative estimate of drug-likeness (QED) is 0.688. The highest BCUT2D eigenvalue weighted by Crippen LogP contribution is 2.18. The van der Waals surface area contributed by atoms with Crippen molar-refractivity contribution in [2.75, 3.05) is 0 Å². The van der Waals surface area contributed by atoms with Gasteiger partial charge in [-0.3, -0.25) is 4.90 Å². The van der Waals surface area contributed by atoms with Crippen LogP contribution >= 0.6 is 0 Å². The van der Waals surface area contributed by atoms with Crippen LogP contribution in [0.4, 0.5) is 4.39 Å². The average Bonchev–Trinajstić information content (AvgIpc) is 3.23. The molecule has 4 nitrogen and oxygen atoms in total.